The molecule has 31 heavy (non-hydrogen) atoms. The van der Waals surface area contributed by atoms with Crippen molar-refractivity contribution >= 4 is 50.9 Å². The third-order valence-corrected chi connectivity index (χ3v) is 8.65. The molecular formula is C21H22ClN3O4S2. The summed E-state index contributed by atoms with van der Waals surface area (Å²) < 4.78 is 27.5. The Hall–Kier alpha value is -2.07. The van der Waals surface area contributed by atoms with Gasteiger partial charge in [-0.1, -0.05) is 23.7 Å². The van der Waals surface area contributed by atoms with Gasteiger partial charge in [-0.2, -0.15) is 4.31 Å². The third-order valence-electron chi connectivity index (χ3n) is 5.43. The van der Waals surface area contributed by atoms with Gasteiger partial charge < -0.3 is 10.6 Å². The number of carbonyl (C=O) groups is 2. The van der Waals surface area contributed by atoms with Gasteiger partial charge in [0, 0.05) is 35.5 Å². The average molecular weight is 480 g/mol. The Balaban J connectivity index is 1.35. The van der Waals surface area contributed by atoms with Gasteiger partial charge in [-0.25, -0.2) is 8.42 Å². The molecule has 0 saturated carbocycles. The van der Waals surface area contributed by atoms with E-state index >= 15 is 0 Å². The van der Waals surface area contributed by atoms with Gasteiger partial charge in [0.1, 0.15) is 0 Å². The molecule has 2 aromatic carbocycles. The van der Waals surface area contributed by atoms with Crippen LogP contribution in [0.2, 0.25) is 5.02 Å². The lowest BCUT2D eigenvalue weighted by molar-refractivity contribution is -0.126. The predicted octanol–water partition coefficient (Wildman–Crippen LogP) is 3.10. The van der Waals surface area contributed by atoms with E-state index in [1.54, 1.807) is 24.3 Å². The fourth-order valence-electron chi connectivity index (χ4n) is 3.67. The number of halogens is 1. The van der Waals surface area contributed by atoms with Crippen LogP contribution in [-0.4, -0.2) is 43.4 Å². The van der Waals surface area contributed by atoms with E-state index < -0.39 is 10.0 Å². The first kappa shape index (κ1) is 22.1. The first-order valence-electron chi connectivity index (χ1n) is 9.92. The van der Waals surface area contributed by atoms with E-state index in [1.165, 1.54) is 22.1 Å². The zero-order valence-electron chi connectivity index (χ0n) is 16.6. The van der Waals surface area contributed by atoms with Crippen molar-refractivity contribution in [3.8, 4) is 0 Å². The molecule has 0 bridgehead atoms. The number of sulfonamides is 1. The molecule has 2 N–H and O–H groups in total. The van der Waals surface area contributed by atoms with E-state index in [2.05, 4.69) is 10.6 Å². The summed E-state index contributed by atoms with van der Waals surface area (Å²) in [5, 5.41) is 6.29. The summed E-state index contributed by atoms with van der Waals surface area (Å²) in [6.45, 7) is 0.965. The summed E-state index contributed by atoms with van der Waals surface area (Å²) in [5.74, 6) is -0.108. The maximum Gasteiger partial charge on any atom is 0.243 e. The summed E-state index contributed by atoms with van der Waals surface area (Å²) in [6, 6.07) is 12.1. The van der Waals surface area contributed by atoms with Crippen LogP contribution in [0.5, 0.6) is 0 Å². The molecular weight excluding hydrogens is 458 g/mol. The highest BCUT2D eigenvalue weighted by Crippen LogP contribution is 2.34. The molecule has 4 rings (SSSR count). The average Bonchev–Trinajstić information content (AvgIpc) is 2.78. The zero-order chi connectivity index (χ0) is 22.0. The van der Waals surface area contributed by atoms with Gasteiger partial charge in [-0.15, -0.1) is 11.8 Å². The first-order valence-corrected chi connectivity index (χ1v) is 12.7. The van der Waals surface area contributed by atoms with Gasteiger partial charge in [0.05, 0.1) is 16.3 Å². The maximum absolute atomic E-state index is 13.1. The fraction of sp³-hybridized carbons (Fsp3) is 0.333. The number of carbonyl (C=O) groups excluding carboxylic acids is 2. The molecule has 1 saturated heterocycles. The smallest absolute Gasteiger partial charge is 0.243 e. The van der Waals surface area contributed by atoms with Gasteiger partial charge in [0.15, 0.2) is 0 Å². The van der Waals surface area contributed by atoms with Crippen LogP contribution in [0.1, 0.15) is 18.4 Å². The number of nitrogens with one attached hydrogen (secondary N) is 2. The number of benzene rings is 2. The normalized spacial score (nSPS) is 17.6. The van der Waals surface area contributed by atoms with E-state index in [0.29, 0.717) is 35.8 Å². The van der Waals surface area contributed by atoms with Gasteiger partial charge in [-0.3, -0.25) is 9.59 Å². The Morgan fingerprint density at radius 2 is 1.87 bits per heavy atom. The molecule has 0 aromatic heterocycles. The summed E-state index contributed by atoms with van der Waals surface area (Å²) in [4.78, 5) is 25.1. The molecule has 164 valence electrons. The highest BCUT2D eigenvalue weighted by molar-refractivity contribution is 8.00. The number of thioether (sulfide) groups is 1. The molecule has 2 aliphatic heterocycles. The Kier molecular flexibility index (Phi) is 6.57. The maximum atomic E-state index is 13.1. The summed E-state index contributed by atoms with van der Waals surface area (Å²) >= 11 is 7.26. The van der Waals surface area contributed by atoms with Crippen molar-refractivity contribution in [2.75, 3.05) is 24.2 Å². The number of amides is 2. The molecule has 7 nitrogen and oxygen atoms in total. The molecule has 0 radical (unpaired) electrons. The van der Waals surface area contributed by atoms with Crippen LogP contribution in [0, 0.1) is 5.92 Å². The van der Waals surface area contributed by atoms with Crippen LogP contribution in [0.25, 0.3) is 0 Å². The summed E-state index contributed by atoms with van der Waals surface area (Å²) in [5.41, 5.74) is 1.48. The zero-order valence-corrected chi connectivity index (χ0v) is 19.0. The molecule has 2 aromatic rings. The number of rotatable bonds is 5. The van der Waals surface area contributed by atoms with Crippen molar-refractivity contribution in [3.63, 3.8) is 0 Å². The number of fused-ring (bicyclic) bond motifs is 1. The standard InChI is InChI=1S/C21H22ClN3O4S2/c22-16-3-1-14(2-4-16)12-23-21(27)15-7-9-25(10-8-15)31(28,29)17-5-6-19-18(11-17)24-20(26)13-30-19/h1-6,11,15H,7-10,12-13H2,(H,23,27)(H,24,26). The Morgan fingerprint density at radius 3 is 2.58 bits per heavy atom. The van der Waals surface area contributed by atoms with E-state index in [9.17, 15) is 18.0 Å². The van der Waals surface area contributed by atoms with Gasteiger partial charge in [0.25, 0.3) is 0 Å². The molecule has 0 aliphatic carbocycles. The van der Waals surface area contributed by atoms with Gasteiger partial charge in [0.2, 0.25) is 21.8 Å². The summed E-state index contributed by atoms with van der Waals surface area (Å²) in [7, 11) is -3.69. The van der Waals surface area contributed by atoms with Crippen LogP contribution < -0.4 is 10.6 Å². The van der Waals surface area contributed by atoms with Crippen molar-refractivity contribution in [2.24, 2.45) is 5.92 Å². The van der Waals surface area contributed by atoms with Crippen molar-refractivity contribution in [1.82, 2.24) is 9.62 Å². The van der Waals surface area contributed by atoms with E-state index in [1.807, 2.05) is 12.1 Å². The minimum absolute atomic E-state index is 0.0690. The first-order chi connectivity index (χ1) is 14.8. The fourth-order valence-corrected chi connectivity index (χ4v) is 6.08. The molecule has 1 fully saturated rings. The highest BCUT2D eigenvalue weighted by atomic mass is 35.5. The number of anilines is 1. The largest absolute Gasteiger partial charge is 0.352 e. The highest BCUT2D eigenvalue weighted by Gasteiger charge is 2.32. The predicted molar refractivity (Wildman–Crippen MR) is 121 cm³/mol. The molecule has 2 heterocycles. The Morgan fingerprint density at radius 1 is 1.16 bits per heavy atom. The van der Waals surface area contributed by atoms with Crippen LogP contribution in [0.3, 0.4) is 0 Å². The Labute approximate surface area is 190 Å². The number of nitrogens with zero attached hydrogens (tertiary/aromatic N) is 1. The molecule has 10 heteroatoms. The van der Waals surface area contributed by atoms with Gasteiger partial charge in [-0.05, 0) is 48.7 Å². The molecule has 0 unspecified atom stereocenters. The van der Waals surface area contributed by atoms with Crippen molar-refractivity contribution < 1.29 is 18.0 Å². The monoisotopic (exact) mass is 479 g/mol. The van der Waals surface area contributed by atoms with Crippen molar-refractivity contribution in [3.05, 3.63) is 53.1 Å². The number of hydrogen-bond donors (Lipinski definition) is 2. The quantitative estimate of drug-likeness (QED) is 0.687. The van der Waals surface area contributed by atoms with Crippen LogP contribution >= 0.6 is 23.4 Å². The van der Waals surface area contributed by atoms with Crippen LogP contribution in [0.4, 0.5) is 5.69 Å². The lowest BCUT2D eigenvalue weighted by Gasteiger charge is -2.31. The van der Waals surface area contributed by atoms with Crippen LogP contribution in [-0.2, 0) is 26.2 Å². The number of piperidine rings is 1. The van der Waals surface area contributed by atoms with E-state index in [4.69, 9.17) is 11.6 Å². The van der Waals surface area contributed by atoms with E-state index in [0.717, 1.165) is 10.5 Å². The van der Waals surface area contributed by atoms with Crippen LogP contribution in [0.15, 0.2) is 52.3 Å². The van der Waals surface area contributed by atoms with Crippen molar-refractivity contribution in [2.45, 2.75) is 29.2 Å². The number of hydrogen-bond acceptors (Lipinski definition) is 5. The Bertz CT molecular complexity index is 1100. The topological polar surface area (TPSA) is 95.6 Å². The molecule has 2 amide bonds. The van der Waals surface area contributed by atoms with E-state index in [-0.39, 0.29) is 35.7 Å². The second kappa shape index (κ2) is 9.20. The second-order valence-corrected chi connectivity index (χ2v) is 10.9. The molecule has 0 spiro atoms. The minimum Gasteiger partial charge on any atom is -0.352 e. The lowest BCUT2D eigenvalue weighted by Crippen LogP contribution is -2.42. The molecule has 2 aliphatic rings. The van der Waals surface area contributed by atoms with Crippen molar-refractivity contribution in [1.29, 1.82) is 0 Å². The van der Waals surface area contributed by atoms with Gasteiger partial charge >= 0.3 is 0 Å². The molecule has 0 atom stereocenters. The third kappa shape index (κ3) is 5.06. The summed E-state index contributed by atoms with van der Waals surface area (Å²) in [6.07, 6.45) is 0.923. The second-order valence-electron chi connectivity index (χ2n) is 7.52. The lowest BCUT2D eigenvalue weighted by atomic mass is 9.97. The SMILES string of the molecule is O=C1CSc2ccc(S(=O)(=O)N3CCC(C(=O)NCc4ccc(Cl)cc4)CC3)cc2N1. The minimum atomic E-state index is -3.69.